The van der Waals surface area contributed by atoms with Gasteiger partial charge in [0.25, 0.3) is 0 Å². The highest BCUT2D eigenvalue weighted by molar-refractivity contribution is 5.05. The number of hydroxylamine groups is 4. The molecule has 8 heteroatoms. The fraction of sp³-hybridized carbons (Fsp3) is 1.00. The van der Waals surface area contributed by atoms with Gasteiger partial charge >= 0.3 is 0 Å². The van der Waals surface area contributed by atoms with Gasteiger partial charge in [-0.25, -0.2) is 0 Å². The third kappa shape index (κ3) is 3.97. The predicted molar refractivity (Wildman–Crippen MR) is 112 cm³/mol. The molecule has 4 rings (SSSR count). The second-order valence-electron chi connectivity index (χ2n) is 11.9. The van der Waals surface area contributed by atoms with E-state index in [1.165, 1.54) is 0 Å². The largest absolute Gasteiger partial charge is 0.349 e. The Morgan fingerprint density at radius 1 is 0.548 bits per heavy atom. The smallest absolute Gasteiger partial charge is 0.172 e. The summed E-state index contributed by atoms with van der Waals surface area (Å²) in [6.45, 7) is -1.05. The molecule has 0 atom stereocenters. The molecular weight excluding hydrogens is 400 g/mol. The van der Waals surface area contributed by atoms with Crippen molar-refractivity contribution in [3.8, 4) is 0 Å². The molecule has 4 saturated heterocycles. The van der Waals surface area contributed by atoms with Crippen LogP contribution < -0.4 is 0 Å². The Morgan fingerprint density at radius 2 is 0.774 bits per heavy atom. The lowest BCUT2D eigenvalue weighted by atomic mass is 9.76. The molecule has 0 aliphatic carbocycles. The molecule has 3 spiro atoms. The summed E-state index contributed by atoms with van der Waals surface area (Å²) < 4.78 is 94.7. The highest BCUT2D eigenvalue weighted by atomic mass is 16.7. The lowest BCUT2D eigenvalue weighted by Crippen LogP contribution is -2.70. The molecule has 4 fully saturated rings. The molecule has 0 saturated carbocycles. The fourth-order valence-electron chi connectivity index (χ4n) is 5.82. The number of nitrogens with zero attached hydrogens (tertiary/aromatic N) is 2. The van der Waals surface area contributed by atoms with Crippen LogP contribution in [-0.4, -0.2) is 70.1 Å². The van der Waals surface area contributed by atoms with Crippen LogP contribution in [0.5, 0.6) is 0 Å². The zero-order valence-electron chi connectivity index (χ0n) is 27.7. The average molecular weight is 449 g/mol. The molecule has 0 aromatic heterocycles. The molecule has 4 aliphatic heterocycles. The normalized spacial score (nSPS) is 45.7. The van der Waals surface area contributed by atoms with E-state index in [9.17, 15) is 10.4 Å². The van der Waals surface area contributed by atoms with Gasteiger partial charge in [0.1, 0.15) is 0 Å². The Labute approximate surface area is 197 Å². The molecule has 0 amide bonds. The van der Waals surface area contributed by atoms with E-state index >= 15 is 0 Å². The third-order valence-corrected chi connectivity index (χ3v) is 6.57. The number of hydrogen-bond acceptors (Lipinski definition) is 6. The van der Waals surface area contributed by atoms with E-state index < -0.39 is 65.4 Å². The first-order chi connectivity index (χ1) is 17.0. The van der Waals surface area contributed by atoms with Gasteiger partial charge in [-0.1, -0.05) is 0 Å². The van der Waals surface area contributed by atoms with Crippen molar-refractivity contribution in [3.05, 3.63) is 0 Å². The number of ether oxygens (including phenoxy) is 4. The lowest BCUT2D eigenvalue weighted by molar-refractivity contribution is -0.421. The summed E-state index contributed by atoms with van der Waals surface area (Å²) in [5.41, 5.74) is -8.22. The van der Waals surface area contributed by atoms with Crippen LogP contribution in [-0.2, 0) is 29.4 Å². The van der Waals surface area contributed by atoms with E-state index in [0.717, 1.165) is 10.1 Å². The van der Waals surface area contributed by atoms with Crippen LogP contribution in [0.1, 0.15) is 92.0 Å². The Bertz CT molecular complexity index is 875. The maximum Gasteiger partial charge on any atom is 0.172 e. The zero-order chi connectivity index (χ0) is 30.3. The van der Waals surface area contributed by atoms with Gasteiger partial charge in [-0.3, -0.25) is 0 Å². The molecule has 2 radical (unpaired) electrons. The number of piperidine rings is 2. The first kappa shape index (κ1) is 15.6. The second-order valence-corrected chi connectivity index (χ2v) is 11.9. The van der Waals surface area contributed by atoms with Crippen LogP contribution in [0, 0.1) is 5.41 Å². The van der Waals surface area contributed by atoms with Crippen LogP contribution in [0.2, 0.25) is 0 Å². The highest BCUT2D eigenvalue weighted by Gasteiger charge is 2.61. The molecule has 0 unspecified atom stereocenters. The maximum absolute atomic E-state index is 13.0. The summed E-state index contributed by atoms with van der Waals surface area (Å²) in [4.78, 5) is 0. The summed E-state index contributed by atoms with van der Waals surface area (Å²) in [7, 11) is 0. The quantitative estimate of drug-likeness (QED) is 0.564. The SMILES string of the molecule is [2H]C1([2H])OC2(CC(C)(C)N([O])C(C)(C)C2)OC([2H])([2H])C12C([2H])([2H])OC1(CC(C)(C)N([O])C(C)(C)C1)OC2([2H])[2H]. The van der Waals surface area contributed by atoms with Crippen molar-refractivity contribution in [2.45, 2.75) is 115 Å². The molecule has 0 aromatic rings. The first-order valence-corrected chi connectivity index (χ1v) is 10.7. The second kappa shape index (κ2) is 6.85. The van der Waals surface area contributed by atoms with E-state index in [2.05, 4.69) is 0 Å². The van der Waals surface area contributed by atoms with Crippen molar-refractivity contribution < 1.29 is 40.3 Å². The number of hydrogen-bond donors (Lipinski definition) is 0. The predicted octanol–water partition coefficient (Wildman–Crippen LogP) is 3.46. The molecule has 4 aliphatic rings. The Balaban J connectivity index is 1.84. The summed E-state index contributed by atoms with van der Waals surface area (Å²) in [5, 5.41) is 27.5. The summed E-state index contributed by atoms with van der Waals surface area (Å²) >= 11 is 0. The van der Waals surface area contributed by atoms with Gasteiger partial charge in [0.05, 0.1) is 42.6 Å². The third-order valence-electron chi connectivity index (χ3n) is 6.57. The minimum absolute atomic E-state index is 0.276. The van der Waals surface area contributed by atoms with E-state index in [0.29, 0.717) is 0 Å². The minimum Gasteiger partial charge on any atom is -0.349 e. The van der Waals surface area contributed by atoms with Crippen molar-refractivity contribution in [2.24, 2.45) is 5.41 Å². The molecular formula is C23H40N2O6. The van der Waals surface area contributed by atoms with Crippen LogP contribution in [0.15, 0.2) is 0 Å². The van der Waals surface area contributed by atoms with Gasteiger partial charge < -0.3 is 18.9 Å². The van der Waals surface area contributed by atoms with Crippen molar-refractivity contribution in [3.63, 3.8) is 0 Å². The summed E-state index contributed by atoms with van der Waals surface area (Å²) in [6, 6.07) is 0. The van der Waals surface area contributed by atoms with Gasteiger partial charge in [-0.15, -0.1) is 20.5 Å². The van der Waals surface area contributed by atoms with Crippen molar-refractivity contribution in [2.75, 3.05) is 26.2 Å². The van der Waals surface area contributed by atoms with Gasteiger partial charge in [0, 0.05) is 47.8 Å². The summed E-state index contributed by atoms with van der Waals surface area (Å²) in [5.74, 6) is -4.07. The summed E-state index contributed by atoms with van der Waals surface area (Å²) in [6.07, 6.45) is -1.11. The van der Waals surface area contributed by atoms with Gasteiger partial charge in [-0.2, -0.15) is 0 Å². The van der Waals surface area contributed by atoms with Crippen LogP contribution in [0.3, 0.4) is 0 Å². The maximum atomic E-state index is 13.0. The van der Waals surface area contributed by atoms with Gasteiger partial charge in [0.2, 0.25) is 0 Å². The van der Waals surface area contributed by atoms with E-state index in [-0.39, 0.29) is 25.7 Å². The van der Waals surface area contributed by atoms with Gasteiger partial charge in [-0.05, 0) is 55.4 Å². The molecule has 178 valence electrons. The monoisotopic (exact) mass is 448 g/mol. The van der Waals surface area contributed by atoms with Crippen LogP contribution in [0.4, 0.5) is 0 Å². The molecule has 0 bridgehead atoms. The Morgan fingerprint density at radius 3 is 1.00 bits per heavy atom. The topological polar surface area (TPSA) is 83.2 Å². The molecule has 8 nitrogen and oxygen atoms in total. The Hall–Kier alpha value is -0.320. The van der Waals surface area contributed by atoms with E-state index in [4.69, 9.17) is 29.9 Å². The van der Waals surface area contributed by atoms with Crippen LogP contribution >= 0.6 is 0 Å². The van der Waals surface area contributed by atoms with Gasteiger partial charge in [0.15, 0.2) is 11.6 Å². The van der Waals surface area contributed by atoms with Crippen molar-refractivity contribution >= 4 is 0 Å². The van der Waals surface area contributed by atoms with E-state index in [1.807, 2.05) is 0 Å². The fourth-order valence-corrected chi connectivity index (χ4v) is 5.82. The Kier molecular flexibility index (Phi) is 3.44. The average Bonchev–Trinajstić information content (AvgIpc) is 2.57. The lowest BCUT2D eigenvalue weighted by Gasteiger charge is -2.60. The van der Waals surface area contributed by atoms with Crippen LogP contribution in [0.25, 0.3) is 0 Å². The molecule has 0 aromatic carbocycles. The first-order valence-electron chi connectivity index (χ1n) is 14.7. The highest BCUT2D eigenvalue weighted by Crippen LogP contribution is 2.51. The number of rotatable bonds is 0. The zero-order valence-corrected chi connectivity index (χ0v) is 19.7. The van der Waals surface area contributed by atoms with E-state index in [1.54, 1.807) is 55.4 Å². The molecule has 0 N–H and O–H groups in total. The van der Waals surface area contributed by atoms with Crippen molar-refractivity contribution in [1.29, 1.82) is 0 Å². The molecule has 31 heavy (non-hydrogen) atoms. The molecule has 4 heterocycles. The standard InChI is InChI=1S/C23H40N2O6/c1-17(2)9-22(10-18(3,4)24(17)26)28-13-21(14-29-22)15-30-23(31-16-21)11-19(5,6)25(27)20(7,8)12-23/h9-16H2,1-8H3/i13D2,14D2,15D2,16D2. The minimum atomic E-state index is -3.46. The van der Waals surface area contributed by atoms with Crippen molar-refractivity contribution in [1.82, 2.24) is 10.1 Å².